The van der Waals surface area contributed by atoms with Gasteiger partial charge in [-0.2, -0.15) is 0 Å². The van der Waals surface area contributed by atoms with E-state index in [1.54, 1.807) is 6.07 Å². The molecule has 2 N–H and O–H groups in total. The van der Waals surface area contributed by atoms with Gasteiger partial charge in [0.15, 0.2) is 5.78 Å². The molecule has 3 unspecified atom stereocenters. The van der Waals surface area contributed by atoms with E-state index in [0.717, 1.165) is 61.8 Å². The van der Waals surface area contributed by atoms with Gasteiger partial charge in [0.1, 0.15) is 23.2 Å². The Labute approximate surface area is 188 Å². The fraction of sp³-hybridized carbons (Fsp3) is 0.667. The summed E-state index contributed by atoms with van der Waals surface area (Å²) in [6, 6.07) is 3.59. The largest absolute Gasteiger partial charge is 0.508 e. The average Bonchev–Trinajstić information content (AvgIpc) is 2.67. The summed E-state index contributed by atoms with van der Waals surface area (Å²) in [5.41, 5.74) is 3.26. The van der Waals surface area contributed by atoms with E-state index in [0.29, 0.717) is 18.1 Å². The van der Waals surface area contributed by atoms with Crippen LogP contribution in [0.15, 0.2) is 23.8 Å². The number of carbonyl (C=O) groups excluding carboxylic acids is 1. The van der Waals surface area contributed by atoms with Gasteiger partial charge in [0.2, 0.25) is 0 Å². The first-order valence-corrected chi connectivity index (χ1v) is 11.9. The van der Waals surface area contributed by atoms with Crippen LogP contribution in [0.3, 0.4) is 0 Å². The van der Waals surface area contributed by atoms with Gasteiger partial charge in [0.25, 0.3) is 0 Å². The minimum atomic E-state index is -0.819. The minimum absolute atomic E-state index is 0.0124. The second-order valence-corrected chi connectivity index (χ2v) is 10.2. The molecule has 1 heterocycles. The van der Waals surface area contributed by atoms with Crippen molar-refractivity contribution in [2.24, 2.45) is 11.8 Å². The maximum Gasteiger partial charge on any atom is 0.164 e. The van der Waals surface area contributed by atoms with Crippen molar-refractivity contribution in [2.75, 3.05) is 0 Å². The van der Waals surface area contributed by atoms with Gasteiger partial charge in [-0.1, -0.05) is 32.4 Å². The Kier molecular flexibility index (Phi) is 9.17. The van der Waals surface area contributed by atoms with Crippen LogP contribution in [0.25, 0.3) is 0 Å². The predicted octanol–water partition coefficient (Wildman–Crippen LogP) is 6.29. The molecule has 0 fully saturated rings. The van der Waals surface area contributed by atoms with Crippen molar-refractivity contribution in [2.45, 2.75) is 105 Å². The molecule has 31 heavy (non-hydrogen) atoms. The molecule has 0 aliphatic carbocycles. The first-order chi connectivity index (χ1) is 14.5. The number of phenols is 1. The molecule has 4 heteroatoms. The van der Waals surface area contributed by atoms with E-state index in [4.69, 9.17) is 4.74 Å². The van der Waals surface area contributed by atoms with Crippen molar-refractivity contribution in [3.05, 3.63) is 34.9 Å². The number of allylic oxidation sites excluding steroid dienone is 2. The number of phenolic OH excluding ortho intramolecular Hbond substituents is 1. The van der Waals surface area contributed by atoms with Gasteiger partial charge in [-0.3, -0.25) is 4.79 Å². The van der Waals surface area contributed by atoms with Crippen molar-refractivity contribution in [1.29, 1.82) is 0 Å². The molecular formula is C27H42O4. The van der Waals surface area contributed by atoms with Gasteiger partial charge in [0, 0.05) is 5.92 Å². The molecule has 0 amide bonds. The Balaban J connectivity index is 1.77. The minimum Gasteiger partial charge on any atom is -0.508 e. The number of ether oxygens (including phenoxy) is 1. The Bertz CT molecular complexity index is 780. The van der Waals surface area contributed by atoms with Gasteiger partial charge in [-0.15, -0.1) is 0 Å². The maximum atomic E-state index is 12.3. The van der Waals surface area contributed by atoms with E-state index in [1.807, 2.05) is 33.8 Å². The molecule has 0 spiro atoms. The topological polar surface area (TPSA) is 66.8 Å². The lowest BCUT2D eigenvalue weighted by Crippen LogP contribution is -2.36. The van der Waals surface area contributed by atoms with E-state index in [2.05, 4.69) is 19.9 Å². The second kappa shape index (κ2) is 11.2. The fourth-order valence-electron chi connectivity index (χ4n) is 4.48. The number of aliphatic hydroxyl groups excluding tert-OH is 1. The van der Waals surface area contributed by atoms with Crippen molar-refractivity contribution in [3.8, 4) is 11.5 Å². The molecule has 1 aliphatic heterocycles. The number of aromatic hydroxyl groups is 1. The van der Waals surface area contributed by atoms with Crippen LogP contribution in [0.4, 0.5) is 0 Å². The third-order valence-electron chi connectivity index (χ3n) is 6.49. The smallest absolute Gasteiger partial charge is 0.164 e. The van der Waals surface area contributed by atoms with Crippen LogP contribution in [0.2, 0.25) is 0 Å². The molecule has 174 valence electrons. The number of hydrogen-bond donors (Lipinski definition) is 2. The number of aliphatic hydroxyl groups is 1. The summed E-state index contributed by atoms with van der Waals surface area (Å²) in [5, 5.41) is 19.8. The van der Waals surface area contributed by atoms with Gasteiger partial charge in [-0.25, -0.2) is 0 Å². The molecular weight excluding hydrogens is 388 g/mol. The van der Waals surface area contributed by atoms with Crippen molar-refractivity contribution < 1.29 is 19.7 Å². The van der Waals surface area contributed by atoms with Crippen molar-refractivity contribution in [1.82, 2.24) is 0 Å². The molecule has 0 aromatic heterocycles. The number of Topliss-reactive ketones (excluding diaryl/α,β-unsaturated/α-hetero) is 1. The first-order valence-electron chi connectivity index (χ1n) is 11.9. The van der Waals surface area contributed by atoms with Crippen LogP contribution in [0, 0.1) is 18.8 Å². The fourth-order valence-corrected chi connectivity index (χ4v) is 4.48. The molecule has 0 radical (unpaired) electrons. The highest BCUT2D eigenvalue weighted by Crippen LogP contribution is 2.39. The van der Waals surface area contributed by atoms with Gasteiger partial charge in [0.05, 0.1) is 0 Å². The number of aryl methyl sites for hydroxylation is 2. The summed E-state index contributed by atoms with van der Waals surface area (Å²) in [6.07, 6.45) is 8.61. The van der Waals surface area contributed by atoms with Gasteiger partial charge >= 0.3 is 0 Å². The average molecular weight is 431 g/mol. The third kappa shape index (κ3) is 7.68. The third-order valence-corrected chi connectivity index (χ3v) is 6.49. The molecule has 1 aliphatic rings. The molecule has 3 atom stereocenters. The SMILES string of the molecule is CC(=CCCC1(C)CCc2cc(O)cc(C)c2O1)CCCC(C)C(=O)C(O)CC(C)C. The van der Waals surface area contributed by atoms with Crippen LogP contribution in [-0.4, -0.2) is 27.7 Å². The highest BCUT2D eigenvalue weighted by Gasteiger charge is 2.32. The highest BCUT2D eigenvalue weighted by atomic mass is 16.5. The zero-order valence-electron chi connectivity index (χ0n) is 20.3. The number of ketones is 1. The number of rotatable bonds is 11. The molecule has 1 aromatic carbocycles. The van der Waals surface area contributed by atoms with Crippen LogP contribution in [-0.2, 0) is 11.2 Å². The lowest BCUT2D eigenvalue weighted by molar-refractivity contribution is -0.131. The molecule has 0 saturated carbocycles. The van der Waals surface area contributed by atoms with E-state index < -0.39 is 6.10 Å². The summed E-state index contributed by atoms with van der Waals surface area (Å²) in [6.45, 7) is 12.3. The highest BCUT2D eigenvalue weighted by molar-refractivity contribution is 5.84. The van der Waals surface area contributed by atoms with Crippen LogP contribution >= 0.6 is 0 Å². The van der Waals surface area contributed by atoms with E-state index in [-0.39, 0.29) is 17.3 Å². The van der Waals surface area contributed by atoms with Gasteiger partial charge in [-0.05, 0) is 101 Å². The molecule has 1 aromatic rings. The zero-order chi connectivity index (χ0) is 23.2. The summed E-state index contributed by atoms with van der Waals surface area (Å²) in [4.78, 5) is 12.3. The number of carbonyl (C=O) groups is 1. The maximum absolute atomic E-state index is 12.3. The lowest BCUT2D eigenvalue weighted by atomic mass is 9.87. The Morgan fingerprint density at radius 1 is 1.29 bits per heavy atom. The summed E-state index contributed by atoms with van der Waals surface area (Å²) < 4.78 is 6.37. The van der Waals surface area contributed by atoms with Crippen LogP contribution in [0.1, 0.15) is 90.7 Å². The standard InChI is InChI=1S/C27H42O4/c1-18(2)15-24(29)25(30)20(4)11-7-9-19(3)10-8-13-27(6)14-12-22-17-23(28)16-21(5)26(22)31-27/h10,16-18,20,24,28-29H,7-9,11-15H2,1-6H3. The Hall–Kier alpha value is -1.81. The number of benzene rings is 1. The van der Waals surface area contributed by atoms with Crippen LogP contribution in [0.5, 0.6) is 11.5 Å². The first kappa shape index (κ1) is 25.5. The summed E-state index contributed by atoms with van der Waals surface area (Å²) >= 11 is 0. The predicted molar refractivity (Wildman–Crippen MR) is 127 cm³/mol. The van der Waals surface area contributed by atoms with E-state index in [9.17, 15) is 15.0 Å². The van der Waals surface area contributed by atoms with Crippen LogP contribution < -0.4 is 4.74 Å². The molecule has 2 rings (SSSR count). The number of fused-ring (bicyclic) bond motifs is 1. The number of hydrogen-bond acceptors (Lipinski definition) is 4. The Morgan fingerprint density at radius 2 is 2.00 bits per heavy atom. The van der Waals surface area contributed by atoms with Crippen molar-refractivity contribution >= 4 is 5.78 Å². The lowest BCUT2D eigenvalue weighted by Gasteiger charge is -2.36. The zero-order valence-corrected chi connectivity index (χ0v) is 20.3. The van der Waals surface area contributed by atoms with E-state index >= 15 is 0 Å². The van der Waals surface area contributed by atoms with Crippen molar-refractivity contribution in [3.63, 3.8) is 0 Å². The van der Waals surface area contributed by atoms with E-state index in [1.165, 1.54) is 5.57 Å². The quantitative estimate of drug-likeness (QED) is 0.405. The second-order valence-electron chi connectivity index (χ2n) is 10.2. The molecule has 4 nitrogen and oxygen atoms in total. The normalized spacial score (nSPS) is 20.8. The molecule has 0 saturated heterocycles. The monoisotopic (exact) mass is 430 g/mol. The molecule has 0 bridgehead atoms. The summed E-state index contributed by atoms with van der Waals surface area (Å²) in [5.74, 6) is 1.48. The summed E-state index contributed by atoms with van der Waals surface area (Å²) in [7, 11) is 0. The Morgan fingerprint density at radius 3 is 2.68 bits per heavy atom. The van der Waals surface area contributed by atoms with Gasteiger partial charge < -0.3 is 14.9 Å².